The molecule has 2 fully saturated rings. The van der Waals surface area contributed by atoms with Crippen LogP contribution in [-0.4, -0.2) is 53.8 Å². The number of nitrogens with two attached hydrogens (primary N) is 1. The molecular formula is C22H33N5O2. The second kappa shape index (κ2) is 10.3. The molecule has 2 heterocycles. The lowest BCUT2D eigenvalue weighted by Gasteiger charge is -2.34. The van der Waals surface area contributed by atoms with Gasteiger partial charge in [0.15, 0.2) is 5.96 Å². The molecule has 2 aliphatic rings. The number of hydrogen-bond donors (Lipinski definition) is 2. The van der Waals surface area contributed by atoms with Crippen LogP contribution in [0.2, 0.25) is 0 Å². The lowest BCUT2D eigenvalue weighted by Crippen LogP contribution is -2.47. The summed E-state index contributed by atoms with van der Waals surface area (Å²) in [5.41, 5.74) is 7.68. The van der Waals surface area contributed by atoms with Crippen LogP contribution in [0, 0.1) is 5.92 Å². The molecule has 7 heteroatoms. The van der Waals surface area contributed by atoms with Crippen molar-refractivity contribution in [3.05, 3.63) is 35.4 Å². The lowest BCUT2D eigenvalue weighted by molar-refractivity contribution is -0.128. The Morgan fingerprint density at radius 1 is 1.21 bits per heavy atom. The third-order valence-electron chi connectivity index (χ3n) is 5.62. The van der Waals surface area contributed by atoms with Gasteiger partial charge in [0.1, 0.15) is 0 Å². The SMILES string of the molecule is CCNC(=NCc1ccc(CN2CCCC2=O)cc1)N1CCCC(CC(N)=O)C1. The van der Waals surface area contributed by atoms with Gasteiger partial charge in [0, 0.05) is 45.6 Å². The molecule has 3 rings (SSSR count). The highest BCUT2D eigenvalue weighted by molar-refractivity contribution is 5.80. The Bertz CT molecular complexity index is 731. The highest BCUT2D eigenvalue weighted by atomic mass is 16.2. The first-order chi connectivity index (χ1) is 14.0. The van der Waals surface area contributed by atoms with Crippen LogP contribution in [0.15, 0.2) is 29.3 Å². The van der Waals surface area contributed by atoms with E-state index >= 15 is 0 Å². The van der Waals surface area contributed by atoms with Crippen LogP contribution in [0.5, 0.6) is 0 Å². The summed E-state index contributed by atoms with van der Waals surface area (Å²) in [6, 6.07) is 8.37. The van der Waals surface area contributed by atoms with Crippen LogP contribution in [0.1, 0.15) is 50.2 Å². The Hall–Kier alpha value is -2.57. The summed E-state index contributed by atoms with van der Waals surface area (Å²) in [5, 5.41) is 3.38. The van der Waals surface area contributed by atoms with Crippen molar-refractivity contribution < 1.29 is 9.59 Å². The Kier molecular flexibility index (Phi) is 7.49. The standard InChI is InChI=1S/C22H33N5O2/c1-2-24-22(27-12-3-5-19(16-27)13-20(23)28)25-14-17-7-9-18(10-8-17)15-26-11-4-6-21(26)29/h7-10,19H,2-6,11-16H2,1H3,(H2,23,28)(H,24,25). The summed E-state index contributed by atoms with van der Waals surface area (Å²) in [5.74, 6) is 1.23. The van der Waals surface area contributed by atoms with Gasteiger partial charge in [-0.25, -0.2) is 4.99 Å². The summed E-state index contributed by atoms with van der Waals surface area (Å²) in [4.78, 5) is 32.0. The van der Waals surface area contributed by atoms with E-state index in [4.69, 9.17) is 10.7 Å². The van der Waals surface area contributed by atoms with Crippen molar-refractivity contribution in [1.82, 2.24) is 15.1 Å². The van der Waals surface area contributed by atoms with Crippen molar-refractivity contribution in [3.63, 3.8) is 0 Å². The molecule has 1 atom stereocenters. The fourth-order valence-corrected chi connectivity index (χ4v) is 4.14. The Morgan fingerprint density at radius 3 is 2.62 bits per heavy atom. The van der Waals surface area contributed by atoms with Gasteiger partial charge in [-0.1, -0.05) is 24.3 Å². The molecule has 0 radical (unpaired) electrons. The monoisotopic (exact) mass is 399 g/mol. The van der Waals surface area contributed by atoms with E-state index in [1.165, 1.54) is 0 Å². The minimum absolute atomic E-state index is 0.227. The quantitative estimate of drug-likeness (QED) is 0.541. The van der Waals surface area contributed by atoms with E-state index in [0.717, 1.165) is 62.5 Å². The molecule has 7 nitrogen and oxygen atoms in total. The molecule has 0 saturated carbocycles. The fourth-order valence-electron chi connectivity index (χ4n) is 4.14. The predicted molar refractivity (Wildman–Crippen MR) is 114 cm³/mol. The number of primary amides is 1. The average Bonchev–Trinajstić information content (AvgIpc) is 3.10. The molecule has 29 heavy (non-hydrogen) atoms. The number of nitrogens with zero attached hydrogens (tertiary/aromatic N) is 3. The minimum atomic E-state index is -0.227. The highest BCUT2D eigenvalue weighted by Crippen LogP contribution is 2.20. The predicted octanol–water partition coefficient (Wildman–Crippen LogP) is 1.86. The number of benzene rings is 1. The zero-order valence-electron chi connectivity index (χ0n) is 17.4. The van der Waals surface area contributed by atoms with Crippen molar-refractivity contribution in [2.24, 2.45) is 16.6 Å². The van der Waals surface area contributed by atoms with Crippen LogP contribution < -0.4 is 11.1 Å². The second-order valence-electron chi connectivity index (χ2n) is 8.03. The number of hydrogen-bond acceptors (Lipinski definition) is 3. The van der Waals surface area contributed by atoms with Crippen LogP contribution in [-0.2, 0) is 22.7 Å². The van der Waals surface area contributed by atoms with Crippen molar-refractivity contribution in [1.29, 1.82) is 0 Å². The number of aliphatic imine (C=N–C) groups is 1. The largest absolute Gasteiger partial charge is 0.370 e. The van der Waals surface area contributed by atoms with E-state index in [1.54, 1.807) is 0 Å². The number of rotatable bonds is 7. The Labute approximate surface area is 173 Å². The number of guanidine groups is 1. The first-order valence-corrected chi connectivity index (χ1v) is 10.7. The third kappa shape index (κ3) is 6.21. The number of carbonyl (C=O) groups excluding carboxylic acids is 2. The summed E-state index contributed by atoms with van der Waals surface area (Å²) in [6.07, 6.45) is 4.18. The van der Waals surface area contributed by atoms with Gasteiger partial charge in [0.05, 0.1) is 6.54 Å². The zero-order valence-corrected chi connectivity index (χ0v) is 17.4. The number of piperidine rings is 1. The third-order valence-corrected chi connectivity index (χ3v) is 5.62. The summed E-state index contributed by atoms with van der Waals surface area (Å²) in [6.45, 7) is 6.79. The number of carbonyl (C=O) groups is 2. The Morgan fingerprint density at radius 2 is 1.97 bits per heavy atom. The highest BCUT2D eigenvalue weighted by Gasteiger charge is 2.23. The van der Waals surface area contributed by atoms with E-state index < -0.39 is 0 Å². The van der Waals surface area contributed by atoms with Gasteiger partial charge in [-0.2, -0.15) is 0 Å². The number of amides is 2. The molecule has 0 bridgehead atoms. The van der Waals surface area contributed by atoms with Crippen LogP contribution in [0.4, 0.5) is 0 Å². The topological polar surface area (TPSA) is 91.0 Å². The normalized spacial score (nSPS) is 20.2. The van der Waals surface area contributed by atoms with Gasteiger partial charge in [-0.15, -0.1) is 0 Å². The smallest absolute Gasteiger partial charge is 0.222 e. The molecule has 1 aromatic carbocycles. The molecule has 2 saturated heterocycles. The lowest BCUT2D eigenvalue weighted by atomic mass is 9.95. The minimum Gasteiger partial charge on any atom is -0.370 e. The number of likely N-dealkylation sites (tertiary alicyclic amines) is 2. The molecular weight excluding hydrogens is 366 g/mol. The molecule has 1 unspecified atom stereocenters. The Balaban J connectivity index is 1.59. The molecule has 0 aromatic heterocycles. The van der Waals surface area contributed by atoms with Crippen LogP contribution in [0.3, 0.4) is 0 Å². The molecule has 3 N–H and O–H groups in total. The second-order valence-corrected chi connectivity index (χ2v) is 8.03. The van der Waals surface area contributed by atoms with Crippen molar-refractivity contribution in [3.8, 4) is 0 Å². The van der Waals surface area contributed by atoms with E-state index in [0.29, 0.717) is 31.8 Å². The summed E-state index contributed by atoms with van der Waals surface area (Å²) < 4.78 is 0. The van der Waals surface area contributed by atoms with Gasteiger partial charge in [-0.05, 0) is 43.2 Å². The molecule has 2 amide bonds. The van der Waals surface area contributed by atoms with Gasteiger partial charge < -0.3 is 20.9 Å². The summed E-state index contributed by atoms with van der Waals surface area (Å²) >= 11 is 0. The van der Waals surface area contributed by atoms with Crippen LogP contribution >= 0.6 is 0 Å². The van der Waals surface area contributed by atoms with Gasteiger partial charge in [0.2, 0.25) is 11.8 Å². The molecule has 2 aliphatic heterocycles. The van der Waals surface area contributed by atoms with Crippen molar-refractivity contribution >= 4 is 17.8 Å². The first-order valence-electron chi connectivity index (χ1n) is 10.7. The zero-order chi connectivity index (χ0) is 20.6. The summed E-state index contributed by atoms with van der Waals surface area (Å²) in [7, 11) is 0. The molecule has 0 aliphatic carbocycles. The molecule has 0 spiro atoms. The fraction of sp³-hybridized carbons (Fsp3) is 0.591. The van der Waals surface area contributed by atoms with E-state index in [-0.39, 0.29) is 11.8 Å². The van der Waals surface area contributed by atoms with Gasteiger partial charge in [-0.3, -0.25) is 9.59 Å². The first kappa shape index (κ1) is 21.1. The van der Waals surface area contributed by atoms with Crippen LogP contribution in [0.25, 0.3) is 0 Å². The number of nitrogens with one attached hydrogen (secondary N) is 1. The van der Waals surface area contributed by atoms with E-state index in [1.807, 2.05) is 4.90 Å². The van der Waals surface area contributed by atoms with Gasteiger partial charge >= 0.3 is 0 Å². The maximum Gasteiger partial charge on any atom is 0.222 e. The maximum atomic E-state index is 11.8. The van der Waals surface area contributed by atoms with Crippen molar-refractivity contribution in [2.45, 2.75) is 52.1 Å². The average molecular weight is 400 g/mol. The van der Waals surface area contributed by atoms with Gasteiger partial charge in [0.25, 0.3) is 0 Å². The van der Waals surface area contributed by atoms with E-state index in [9.17, 15) is 9.59 Å². The maximum absolute atomic E-state index is 11.8. The van der Waals surface area contributed by atoms with E-state index in [2.05, 4.69) is 41.4 Å². The molecule has 158 valence electrons. The van der Waals surface area contributed by atoms with Crippen molar-refractivity contribution in [2.75, 3.05) is 26.2 Å². The molecule has 1 aromatic rings.